The molecular formula is C15H19NO4. The standard InChI is InChI=1S/C15H19NO4/c1-11(17)10-14(18)16-13-8-6-12(7-9-13)4-2-3-5-15(19)20/h6-9H,2-5,10H2,1H3,(H,16,18)(H,19,20). The molecule has 0 spiro atoms. The number of rotatable bonds is 8. The van der Waals surface area contributed by atoms with Crippen LogP contribution in [-0.4, -0.2) is 22.8 Å². The number of unbranched alkanes of at least 4 members (excludes halogenated alkanes) is 1. The van der Waals surface area contributed by atoms with E-state index in [1.54, 1.807) is 12.1 Å². The summed E-state index contributed by atoms with van der Waals surface area (Å²) in [6.45, 7) is 1.37. The maximum atomic E-state index is 11.4. The molecule has 0 radical (unpaired) electrons. The molecule has 1 aromatic rings. The number of Topliss-reactive ketones (excluding diaryl/α,β-unsaturated/α-hetero) is 1. The maximum absolute atomic E-state index is 11.4. The van der Waals surface area contributed by atoms with Crippen molar-refractivity contribution in [2.45, 2.75) is 39.0 Å². The summed E-state index contributed by atoms with van der Waals surface area (Å²) in [4.78, 5) is 32.6. The predicted molar refractivity (Wildman–Crippen MR) is 75.6 cm³/mol. The minimum atomic E-state index is -0.770. The van der Waals surface area contributed by atoms with E-state index in [0.717, 1.165) is 18.4 Å². The summed E-state index contributed by atoms with van der Waals surface area (Å²) in [5, 5.41) is 11.2. The summed E-state index contributed by atoms with van der Waals surface area (Å²) in [7, 11) is 0. The monoisotopic (exact) mass is 277 g/mol. The van der Waals surface area contributed by atoms with Gasteiger partial charge < -0.3 is 10.4 Å². The Bertz CT molecular complexity index is 479. The van der Waals surface area contributed by atoms with Gasteiger partial charge in [-0.2, -0.15) is 0 Å². The quantitative estimate of drug-likeness (QED) is 0.564. The highest BCUT2D eigenvalue weighted by Crippen LogP contribution is 2.12. The van der Waals surface area contributed by atoms with Gasteiger partial charge in [-0.1, -0.05) is 12.1 Å². The lowest BCUT2D eigenvalue weighted by Crippen LogP contribution is -2.14. The van der Waals surface area contributed by atoms with Crippen LogP contribution in [0.5, 0.6) is 0 Å². The van der Waals surface area contributed by atoms with Gasteiger partial charge in [-0.3, -0.25) is 14.4 Å². The SMILES string of the molecule is CC(=O)CC(=O)Nc1ccc(CCCCC(=O)O)cc1. The molecule has 1 amide bonds. The molecule has 20 heavy (non-hydrogen) atoms. The number of hydrogen-bond donors (Lipinski definition) is 2. The van der Waals surface area contributed by atoms with Gasteiger partial charge in [0.1, 0.15) is 5.78 Å². The van der Waals surface area contributed by atoms with Crippen molar-refractivity contribution in [3.05, 3.63) is 29.8 Å². The summed E-state index contributed by atoms with van der Waals surface area (Å²) < 4.78 is 0. The number of aryl methyl sites for hydroxylation is 1. The molecule has 0 aliphatic carbocycles. The molecule has 0 aromatic heterocycles. The van der Waals surface area contributed by atoms with E-state index in [2.05, 4.69) is 5.32 Å². The van der Waals surface area contributed by atoms with Crippen LogP contribution in [0.3, 0.4) is 0 Å². The fraction of sp³-hybridized carbons (Fsp3) is 0.400. The Morgan fingerprint density at radius 2 is 1.75 bits per heavy atom. The maximum Gasteiger partial charge on any atom is 0.303 e. The number of carbonyl (C=O) groups is 3. The highest BCUT2D eigenvalue weighted by molar-refractivity contribution is 6.03. The number of aliphatic carboxylic acids is 1. The van der Waals surface area contributed by atoms with Gasteiger partial charge in [0.15, 0.2) is 0 Å². The minimum absolute atomic E-state index is 0.114. The van der Waals surface area contributed by atoms with Gasteiger partial charge in [-0.25, -0.2) is 0 Å². The molecule has 2 N–H and O–H groups in total. The normalized spacial score (nSPS) is 10.1. The number of carboxylic acid groups (broad SMARTS) is 1. The van der Waals surface area contributed by atoms with Crippen molar-refractivity contribution >= 4 is 23.3 Å². The van der Waals surface area contributed by atoms with Crippen molar-refractivity contribution in [3.8, 4) is 0 Å². The first-order valence-corrected chi connectivity index (χ1v) is 6.57. The molecule has 0 saturated carbocycles. The molecule has 0 unspecified atom stereocenters. The number of ketones is 1. The number of anilines is 1. The minimum Gasteiger partial charge on any atom is -0.481 e. The second kappa shape index (κ2) is 8.09. The van der Waals surface area contributed by atoms with Crippen molar-refractivity contribution in [1.82, 2.24) is 0 Å². The second-order valence-electron chi connectivity index (χ2n) is 4.72. The molecule has 0 aliphatic rings. The van der Waals surface area contributed by atoms with Gasteiger partial charge in [0, 0.05) is 12.1 Å². The second-order valence-corrected chi connectivity index (χ2v) is 4.72. The number of nitrogens with one attached hydrogen (secondary N) is 1. The Kier molecular flexibility index (Phi) is 6.43. The molecule has 0 bridgehead atoms. The summed E-state index contributed by atoms with van der Waals surface area (Å²) in [5.41, 5.74) is 1.76. The van der Waals surface area contributed by atoms with Crippen LogP contribution in [-0.2, 0) is 20.8 Å². The first-order valence-electron chi connectivity index (χ1n) is 6.57. The van der Waals surface area contributed by atoms with Crippen LogP contribution in [0.4, 0.5) is 5.69 Å². The molecule has 108 valence electrons. The van der Waals surface area contributed by atoms with Crippen LogP contribution < -0.4 is 5.32 Å². The molecule has 0 saturated heterocycles. The third-order valence-corrected chi connectivity index (χ3v) is 2.75. The number of amides is 1. The van der Waals surface area contributed by atoms with Crippen molar-refractivity contribution in [1.29, 1.82) is 0 Å². The zero-order valence-electron chi connectivity index (χ0n) is 11.5. The molecule has 0 fully saturated rings. The van der Waals surface area contributed by atoms with Crippen LogP contribution >= 0.6 is 0 Å². The van der Waals surface area contributed by atoms with Gasteiger partial charge in [0.2, 0.25) is 5.91 Å². The first kappa shape index (κ1) is 15.9. The van der Waals surface area contributed by atoms with E-state index in [0.29, 0.717) is 12.1 Å². The van der Waals surface area contributed by atoms with Gasteiger partial charge in [-0.15, -0.1) is 0 Å². The largest absolute Gasteiger partial charge is 0.481 e. The van der Waals surface area contributed by atoms with Crippen molar-refractivity contribution in [3.63, 3.8) is 0 Å². The van der Waals surface area contributed by atoms with E-state index in [1.165, 1.54) is 6.92 Å². The lowest BCUT2D eigenvalue weighted by Gasteiger charge is -2.05. The van der Waals surface area contributed by atoms with E-state index in [1.807, 2.05) is 12.1 Å². The Morgan fingerprint density at radius 3 is 2.30 bits per heavy atom. The van der Waals surface area contributed by atoms with E-state index in [9.17, 15) is 14.4 Å². The zero-order chi connectivity index (χ0) is 15.0. The molecule has 0 aliphatic heterocycles. The van der Waals surface area contributed by atoms with Crippen LogP contribution in [0.25, 0.3) is 0 Å². The molecule has 1 rings (SSSR count). The Hall–Kier alpha value is -2.17. The van der Waals surface area contributed by atoms with Crippen LogP contribution in [0.1, 0.15) is 38.2 Å². The highest BCUT2D eigenvalue weighted by Gasteiger charge is 2.05. The molecular weight excluding hydrogens is 258 g/mol. The average Bonchev–Trinajstić information content (AvgIpc) is 2.35. The first-order chi connectivity index (χ1) is 9.47. The number of carbonyl (C=O) groups excluding carboxylic acids is 2. The van der Waals surface area contributed by atoms with E-state index in [4.69, 9.17) is 5.11 Å². The van der Waals surface area contributed by atoms with E-state index in [-0.39, 0.29) is 24.5 Å². The third kappa shape index (κ3) is 6.68. The zero-order valence-corrected chi connectivity index (χ0v) is 11.5. The van der Waals surface area contributed by atoms with E-state index < -0.39 is 5.97 Å². The van der Waals surface area contributed by atoms with Crippen LogP contribution in [0.2, 0.25) is 0 Å². The Morgan fingerprint density at radius 1 is 1.10 bits per heavy atom. The van der Waals surface area contributed by atoms with E-state index >= 15 is 0 Å². The fourth-order valence-corrected chi connectivity index (χ4v) is 1.79. The number of hydrogen-bond acceptors (Lipinski definition) is 3. The average molecular weight is 277 g/mol. The summed E-state index contributed by atoms with van der Waals surface area (Å²) in [5.74, 6) is -1.25. The summed E-state index contributed by atoms with van der Waals surface area (Å²) in [6.07, 6.45) is 2.37. The third-order valence-electron chi connectivity index (χ3n) is 2.75. The molecule has 5 heteroatoms. The topological polar surface area (TPSA) is 83.5 Å². The summed E-state index contributed by atoms with van der Waals surface area (Å²) >= 11 is 0. The van der Waals surface area contributed by atoms with Crippen molar-refractivity contribution in [2.75, 3.05) is 5.32 Å². The Labute approximate surface area is 118 Å². The van der Waals surface area contributed by atoms with Crippen LogP contribution in [0.15, 0.2) is 24.3 Å². The van der Waals surface area contributed by atoms with Crippen LogP contribution in [0, 0.1) is 0 Å². The molecule has 5 nitrogen and oxygen atoms in total. The Balaban J connectivity index is 2.38. The van der Waals surface area contributed by atoms with Gasteiger partial charge in [0.05, 0.1) is 6.42 Å². The highest BCUT2D eigenvalue weighted by atomic mass is 16.4. The lowest BCUT2D eigenvalue weighted by molar-refractivity contribution is -0.137. The van der Waals surface area contributed by atoms with Gasteiger partial charge in [0.25, 0.3) is 0 Å². The molecule has 0 atom stereocenters. The van der Waals surface area contributed by atoms with Crippen molar-refractivity contribution < 1.29 is 19.5 Å². The smallest absolute Gasteiger partial charge is 0.303 e. The van der Waals surface area contributed by atoms with Gasteiger partial charge in [-0.05, 0) is 43.9 Å². The predicted octanol–water partition coefficient (Wildman–Crippen LogP) is 2.40. The fourth-order valence-electron chi connectivity index (χ4n) is 1.79. The number of benzene rings is 1. The molecule has 1 aromatic carbocycles. The lowest BCUT2D eigenvalue weighted by atomic mass is 10.1. The molecule has 0 heterocycles. The number of carboxylic acids is 1. The van der Waals surface area contributed by atoms with Gasteiger partial charge >= 0.3 is 5.97 Å². The van der Waals surface area contributed by atoms with Crippen molar-refractivity contribution in [2.24, 2.45) is 0 Å². The summed E-state index contributed by atoms with van der Waals surface area (Å²) in [6, 6.07) is 7.35.